The average Bonchev–Trinajstić information content (AvgIpc) is 2.99. The van der Waals surface area contributed by atoms with Crippen molar-refractivity contribution in [3.63, 3.8) is 0 Å². The van der Waals surface area contributed by atoms with Crippen LogP contribution in [0.5, 0.6) is 5.75 Å². The van der Waals surface area contributed by atoms with E-state index in [2.05, 4.69) is 28.6 Å². The second-order valence-electron chi connectivity index (χ2n) is 5.05. The number of benzene rings is 1. The predicted molar refractivity (Wildman–Crippen MR) is 86.1 cm³/mol. The topological polar surface area (TPSA) is 67.6 Å². The van der Waals surface area contributed by atoms with Crippen LogP contribution >= 0.6 is 11.3 Å². The van der Waals surface area contributed by atoms with E-state index in [0.717, 1.165) is 5.69 Å². The van der Waals surface area contributed by atoms with Gasteiger partial charge in [-0.15, -0.1) is 11.3 Å². The van der Waals surface area contributed by atoms with Crippen LogP contribution in [0.15, 0.2) is 29.6 Å². The fraction of sp³-hybridized carbons (Fsp3) is 0.267. The number of nitrogens with two attached hydrogens (primary N) is 1. The van der Waals surface area contributed by atoms with Gasteiger partial charge in [0.15, 0.2) is 6.61 Å². The molecule has 1 aromatic heterocycles. The summed E-state index contributed by atoms with van der Waals surface area (Å²) in [6.45, 7) is 2.16. The van der Waals surface area contributed by atoms with E-state index in [1.807, 2.05) is 19.2 Å². The minimum Gasteiger partial charge on any atom is -0.482 e. The van der Waals surface area contributed by atoms with Crippen molar-refractivity contribution in [2.24, 2.45) is 0 Å². The summed E-state index contributed by atoms with van der Waals surface area (Å²) in [5.41, 5.74) is 8.32. The van der Waals surface area contributed by atoms with E-state index >= 15 is 0 Å². The number of nitrogens with zero attached hydrogens (tertiary/aromatic N) is 1. The van der Waals surface area contributed by atoms with Crippen molar-refractivity contribution >= 4 is 34.3 Å². The zero-order valence-corrected chi connectivity index (χ0v) is 12.7. The molecule has 0 radical (unpaired) electrons. The number of carbonyl (C=O) groups excluding carboxylic acids is 1. The molecule has 0 saturated carbocycles. The number of thiophene rings is 1. The quantitative estimate of drug-likeness (QED) is 0.856. The molecule has 1 aromatic carbocycles. The molecule has 1 aliphatic heterocycles. The highest BCUT2D eigenvalue weighted by Gasteiger charge is 2.21. The molecular weight excluding hydrogens is 286 g/mol. The van der Waals surface area contributed by atoms with Crippen molar-refractivity contribution in [3.05, 3.63) is 34.5 Å². The highest BCUT2D eigenvalue weighted by Crippen LogP contribution is 2.39. The summed E-state index contributed by atoms with van der Waals surface area (Å²) < 4.78 is 5.38. The third-order valence-electron chi connectivity index (χ3n) is 3.68. The lowest BCUT2D eigenvalue weighted by Crippen LogP contribution is -2.27. The van der Waals surface area contributed by atoms with Crippen LogP contribution in [0.2, 0.25) is 0 Å². The highest BCUT2D eigenvalue weighted by molar-refractivity contribution is 7.10. The third kappa shape index (κ3) is 2.54. The van der Waals surface area contributed by atoms with Crippen LogP contribution in [0.4, 0.5) is 17.1 Å². The van der Waals surface area contributed by atoms with Gasteiger partial charge in [0.1, 0.15) is 5.75 Å². The van der Waals surface area contributed by atoms with Crippen LogP contribution in [-0.4, -0.2) is 19.6 Å². The summed E-state index contributed by atoms with van der Waals surface area (Å²) in [5.74, 6) is 0.472. The molecule has 0 spiro atoms. The second-order valence-corrected chi connectivity index (χ2v) is 6.03. The first-order valence-electron chi connectivity index (χ1n) is 6.68. The number of fused-ring (bicyclic) bond motifs is 1. The van der Waals surface area contributed by atoms with Gasteiger partial charge in [0.25, 0.3) is 5.91 Å². The van der Waals surface area contributed by atoms with Gasteiger partial charge in [-0.2, -0.15) is 0 Å². The Bertz CT molecular complexity index is 670. The molecule has 1 atom stereocenters. The van der Waals surface area contributed by atoms with Crippen molar-refractivity contribution in [2.75, 3.05) is 29.6 Å². The molecule has 0 fully saturated rings. The molecule has 1 amide bonds. The number of ether oxygens (including phenoxy) is 1. The Hall–Kier alpha value is -2.21. The van der Waals surface area contributed by atoms with Gasteiger partial charge in [-0.1, -0.05) is 6.07 Å². The molecule has 3 rings (SSSR count). The minimum absolute atomic E-state index is 0.0349. The first kappa shape index (κ1) is 13.8. The summed E-state index contributed by atoms with van der Waals surface area (Å²) >= 11 is 1.71. The number of amides is 1. The maximum atomic E-state index is 11.4. The molecule has 2 aromatic rings. The molecule has 21 heavy (non-hydrogen) atoms. The largest absolute Gasteiger partial charge is 0.482 e. The minimum atomic E-state index is -0.146. The van der Waals surface area contributed by atoms with E-state index in [9.17, 15) is 4.79 Å². The van der Waals surface area contributed by atoms with Crippen LogP contribution in [0, 0.1) is 0 Å². The van der Waals surface area contributed by atoms with Gasteiger partial charge < -0.3 is 20.7 Å². The summed E-state index contributed by atoms with van der Waals surface area (Å²) in [6, 6.07) is 7.97. The normalized spacial score (nSPS) is 14.9. The molecule has 2 heterocycles. The second kappa shape index (κ2) is 5.29. The van der Waals surface area contributed by atoms with E-state index in [0.29, 0.717) is 17.1 Å². The van der Waals surface area contributed by atoms with E-state index in [1.165, 1.54) is 4.88 Å². The first-order chi connectivity index (χ1) is 10.1. The van der Waals surface area contributed by atoms with E-state index in [1.54, 1.807) is 17.4 Å². The van der Waals surface area contributed by atoms with Crippen molar-refractivity contribution in [3.8, 4) is 5.75 Å². The number of carbonyl (C=O) groups is 1. The van der Waals surface area contributed by atoms with Gasteiger partial charge in [0.05, 0.1) is 23.1 Å². The summed E-state index contributed by atoms with van der Waals surface area (Å²) in [7, 11) is 1.99. The molecule has 110 valence electrons. The zero-order chi connectivity index (χ0) is 15.0. The smallest absolute Gasteiger partial charge is 0.262 e. The maximum absolute atomic E-state index is 11.4. The van der Waals surface area contributed by atoms with Gasteiger partial charge in [0.2, 0.25) is 0 Å². The highest BCUT2D eigenvalue weighted by atomic mass is 32.1. The van der Waals surface area contributed by atoms with Gasteiger partial charge in [-0.25, -0.2) is 0 Å². The predicted octanol–water partition coefficient (Wildman–Crippen LogP) is 2.86. The maximum Gasteiger partial charge on any atom is 0.262 e. The fourth-order valence-electron chi connectivity index (χ4n) is 2.36. The van der Waals surface area contributed by atoms with Crippen LogP contribution < -0.4 is 20.7 Å². The van der Waals surface area contributed by atoms with Crippen LogP contribution in [-0.2, 0) is 4.79 Å². The lowest BCUT2D eigenvalue weighted by molar-refractivity contribution is -0.118. The lowest BCUT2D eigenvalue weighted by Gasteiger charge is -2.29. The number of rotatable bonds is 3. The third-order valence-corrected chi connectivity index (χ3v) is 4.72. The number of nitrogen functional groups attached to an aromatic ring is 1. The Balaban J connectivity index is 1.94. The monoisotopic (exact) mass is 303 g/mol. The Morgan fingerprint density at radius 3 is 3.00 bits per heavy atom. The Morgan fingerprint density at radius 2 is 2.29 bits per heavy atom. The van der Waals surface area contributed by atoms with Gasteiger partial charge in [-0.3, -0.25) is 4.79 Å². The fourth-order valence-corrected chi connectivity index (χ4v) is 3.19. The van der Waals surface area contributed by atoms with Gasteiger partial charge in [0, 0.05) is 18.0 Å². The van der Waals surface area contributed by atoms with Gasteiger partial charge in [-0.05, 0) is 24.4 Å². The molecule has 0 aliphatic carbocycles. The molecule has 3 N–H and O–H groups in total. The summed E-state index contributed by atoms with van der Waals surface area (Å²) in [6.07, 6.45) is 0. The van der Waals surface area contributed by atoms with Crippen LogP contribution in [0.1, 0.15) is 17.8 Å². The van der Waals surface area contributed by atoms with E-state index in [4.69, 9.17) is 10.5 Å². The van der Waals surface area contributed by atoms with Crippen LogP contribution in [0.3, 0.4) is 0 Å². The Kier molecular flexibility index (Phi) is 3.47. The van der Waals surface area contributed by atoms with Crippen molar-refractivity contribution in [1.29, 1.82) is 0 Å². The van der Waals surface area contributed by atoms with E-state index < -0.39 is 0 Å². The first-order valence-corrected chi connectivity index (χ1v) is 7.56. The standard InChI is InChI=1S/C15H17N3O2S/c1-9(14-4-3-5-21-14)18(2)12-7-11-13(6-10(12)16)20-8-15(19)17-11/h3-7,9H,8,16H2,1-2H3,(H,17,19). The van der Waals surface area contributed by atoms with Crippen LogP contribution in [0.25, 0.3) is 0 Å². The number of hydrogen-bond acceptors (Lipinski definition) is 5. The Morgan fingerprint density at radius 1 is 1.48 bits per heavy atom. The number of nitrogens with one attached hydrogen (secondary N) is 1. The number of anilines is 3. The number of hydrogen-bond donors (Lipinski definition) is 2. The molecule has 0 bridgehead atoms. The molecule has 1 aliphatic rings. The molecular formula is C15H17N3O2S. The SMILES string of the molecule is CC(c1cccs1)N(C)c1cc2c(cc1N)OCC(=O)N2. The van der Waals surface area contributed by atoms with Crippen molar-refractivity contribution in [1.82, 2.24) is 0 Å². The van der Waals surface area contributed by atoms with Crippen molar-refractivity contribution < 1.29 is 9.53 Å². The summed E-state index contributed by atoms with van der Waals surface area (Å²) in [5, 5.41) is 4.87. The average molecular weight is 303 g/mol. The van der Waals surface area contributed by atoms with E-state index in [-0.39, 0.29) is 18.6 Å². The lowest BCUT2D eigenvalue weighted by atomic mass is 10.1. The Labute approximate surface area is 127 Å². The summed E-state index contributed by atoms with van der Waals surface area (Å²) in [4.78, 5) is 14.8. The molecule has 0 saturated heterocycles. The molecule has 6 heteroatoms. The van der Waals surface area contributed by atoms with Gasteiger partial charge >= 0.3 is 0 Å². The molecule has 5 nitrogen and oxygen atoms in total. The van der Waals surface area contributed by atoms with Crippen molar-refractivity contribution in [2.45, 2.75) is 13.0 Å². The molecule has 1 unspecified atom stereocenters. The zero-order valence-electron chi connectivity index (χ0n) is 11.9.